The van der Waals surface area contributed by atoms with Crippen LogP contribution in [0.15, 0.2) is 59.2 Å². The number of anilines is 1. The van der Waals surface area contributed by atoms with Gasteiger partial charge in [0.1, 0.15) is 5.75 Å². The molecular formula is C22H26BrN3O3. The quantitative estimate of drug-likeness (QED) is 0.484. The molecule has 0 spiro atoms. The maximum absolute atomic E-state index is 12.1. The van der Waals surface area contributed by atoms with Crippen molar-refractivity contribution in [2.24, 2.45) is 0 Å². The van der Waals surface area contributed by atoms with Gasteiger partial charge in [0.25, 0.3) is 5.91 Å². The fourth-order valence-electron chi connectivity index (χ4n) is 2.51. The summed E-state index contributed by atoms with van der Waals surface area (Å²) in [5.74, 6) is 0.461. The number of hydrogen-bond acceptors (Lipinski definition) is 4. The number of halogens is 1. The summed E-state index contributed by atoms with van der Waals surface area (Å²) in [5.41, 5.74) is 8.32. The maximum Gasteiger partial charge on any atom is 0.276 e. The third-order valence-corrected chi connectivity index (χ3v) is 4.60. The van der Waals surface area contributed by atoms with E-state index >= 15 is 0 Å². The van der Waals surface area contributed by atoms with Gasteiger partial charge < -0.3 is 15.5 Å². The molecular weight excluding hydrogens is 434 g/mol. The molecule has 2 rings (SSSR count). The molecule has 0 fully saturated rings. The first kappa shape index (κ1) is 22.5. The highest BCUT2D eigenvalue weighted by molar-refractivity contribution is 9.10. The van der Waals surface area contributed by atoms with E-state index in [9.17, 15) is 9.59 Å². The van der Waals surface area contributed by atoms with Crippen LogP contribution in [-0.2, 0) is 9.59 Å². The molecule has 0 atom stereocenters. The highest BCUT2D eigenvalue weighted by Crippen LogP contribution is 2.22. The smallest absolute Gasteiger partial charge is 0.276 e. The van der Waals surface area contributed by atoms with E-state index in [4.69, 9.17) is 4.74 Å². The Morgan fingerprint density at radius 3 is 2.38 bits per heavy atom. The van der Waals surface area contributed by atoms with Crippen LogP contribution in [0.1, 0.15) is 37.3 Å². The van der Waals surface area contributed by atoms with Gasteiger partial charge >= 0.3 is 0 Å². The molecule has 2 aromatic carbocycles. The third-order valence-electron chi connectivity index (χ3n) is 4.11. The van der Waals surface area contributed by atoms with Crippen LogP contribution >= 0.6 is 15.9 Å². The van der Waals surface area contributed by atoms with Crippen LogP contribution in [-0.4, -0.2) is 18.4 Å². The van der Waals surface area contributed by atoms with E-state index < -0.39 is 0 Å². The van der Waals surface area contributed by atoms with Crippen molar-refractivity contribution in [3.63, 3.8) is 0 Å². The lowest BCUT2D eigenvalue weighted by Crippen LogP contribution is -2.40. The molecule has 6 nitrogen and oxygen atoms in total. The Balaban J connectivity index is 1.71. The van der Waals surface area contributed by atoms with E-state index in [0.717, 1.165) is 15.7 Å². The van der Waals surface area contributed by atoms with Gasteiger partial charge in [-0.25, -0.2) is 0 Å². The van der Waals surface area contributed by atoms with E-state index in [1.54, 1.807) is 6.07 Å². The predicted molar refractivity (Wildman–Crippen MR) is 119 cm³/mol. The zero-order valence-electron chi connectivity index (χ0n) is 16.8. The first-order valence-electron chi connectivity index (χ1n) is 9.26. The second-order valence-electron chi connectivity index (χ2n) is 6.98. The van der Waals surface area contributed by atoms with E-state index in [2.05, 4.69) is 52.5 Å². The molecule has 0 heterocycles. The Morgan fingerprint density at radius 2 is 1.76 bits per heavy atom. The molecule has 0 radical (unpaired) electrons. The van der Waals surface area contributed by atoms with E-state index in [0.29, 0.717) is 17.4 Å². The summed E-state index contributed by atoms with van der Waals surface area (Å²) in [6, 6.07) is 13.2. The number of benzene rings is 2. The first-order valence-corrected chi connectivity index (χ1v) is 10.1. The van der Waals surface area contributed by atoms with Crippen molar-refractivity contribution >= 4 is 33.4 Å². The summed E-state index contributed by atoms with van der Waals surface area (Å²) >= 11 is 3.38. The molecule has 29 heavy (non-hydrogen) atoms. The lowest BCUT2D eigenvalue weighted by atomic mass is 10.0. The fraction of sp³-hybridized carbons (Fsp3) is 0.273. The molecule has 0 saturated heterocycles. The zero-order chi connectivity index (χ0) is 21.4. The van der Waals surface area contributed by atoms with Crippen LogP contribution in [0.3, 0.4) is 0 Å². The molecule has 3 N–H and O–H groups in total. The SMILES string of the molecule is C=C(CC(=O)Nc1ccc(C(C)C)cc1)NNC(=O)COc1ccc(Br)cc1C. The summed E-state index contributed by atoms with van der Waals surface area (Å²) in [5, 5.41) is 2.80. The molecule has 0 aliphatic rings. The van der Waals surface area contributed by atoms with Gasteiger partial charge in [0.05, 0.1) is 6.42 Å². The number of nitrogens with one attached hydrogen (secondary N) is 3. The normalized spacial score (nSPS) is 10.4. The zero-order valence-corrected chi connectivity index (χ0v) is 18.4. The maximum atomic E-state index is 12.1. The van der Waals surface area contributed by atoms with Crippen LogP contribution < -0.4 is 20.9 Å². The van der Waals surface area contributed by atoms with Gasteiger partial charge in [0.2, 0.25) is 5.91 Å². The van der Waals surface area contributed by atoms with Crippen LogP contribution in [0.25, 0.3) is 0 Å². The minimum Gasteiger partial charge on any atom is -0.483 e. The topological polar surface area (TPSA) is 79.5 Å². The lowest BCUT2D eigenvalue weighted by molar-refractivity contribution is -0.124. The molecule has 7 heteroatoms. The summed E-state index contributed by atoms with van der Waals surface area (Å²) in [6.45, 7) is 9.72. The predicted octanol–water partition coefficient (Wildman–Crippen LogP) is 4.42. The van der Waals surface area contributed by atoms with Gasteiger partial charge in [-0.15, -0.1) is 0 Å². The standard InChI is InChI=1S/C22H26BrN3O3/c1-14(2)17-5-8-19(9-6-17)24-21(27)12-16(4)25-26-22(28)13-29-20-10-7-18(23)11-15(20)3/h5-11,14,25H,4,12-13H2,1-3H3,(H,24,27)(H,26,28). The van der Waals surface area contributed by atoms with Crippen molar-refractivity contribution in [2.75, 3.05) is 11.9 Å². The van der Waals surface area contributed by atoms with Crippen LogP contribution in [0.4, 0.5) is 5.69 Å². The fourth-order valence-corrected chi connectivity index (χ4v) is 2.98. The molecule has 154 valence electrons. The van der Waals surface area contributed by atoms with E-state index in [1.807, 2.05) is 43.3 Å². The summed E-state index contributed by atoms with van der Waals surface area (Å²) in [4.78, 5) is 24.0. The first-order chi connectivity index (χ1) is 13.7. The Bertz CT molecular complexity index is 879. The Labute approximate surface area is 179 Å². The van der Waals surface area contributed by atoms with Gasteiger partial charge in [0, 0.05) is 15.9 Å². The molecule has 0 aliphatic heterocycles. The molecule has 0 aromatic heterocycles. The number of amides is 2. The van der Waals surface area contributed by atoms with Crippen molar-refractivity contribution in [1.29, 1.82) is 0 Å². The minimum absolute atomic E-state index is 0.0267. The van der Waals surface area contributed by atoms with Crippen LogP contribution in [0.2, 0.25) is 0 Å². The highest BCUT2D eigenvalue weighted by Gasteiger charge is 2.08. The number of hydrogen-bond donors (Lipinski definition) is 3. The minimum atomic E-state index is -0.377. The van der Waals surface area contributed by atoms with Gasteiger partial charge in [-0.1, -0.05) is 48.5 Å². The Morgan fingerprint density at radius 1 is 1.07 bits per heavy atom. The number of rotatable bonds is 9. The molecule has 0 unspecified atom stereocenters. The average Bonchev–Trinajstić information content (AvgIpc) is 2.66. The van der Waals surface area contributed by atoms with Crippen LogP contribution in [0.5, 0.6) is 5.75 Å². The van der Waals surface area contributed by atoms with Crippen molar-refractivity contribution in [2.45, 2.75) is 33.1 Å². The number of aryl methyl sites for hydroxylation is 1. The van der Waals surface area contributed by atoms with Gasteiger partial charge in [0.15, 0.2) is 6.61 Å². The van der Waals surface area contributed by atoms with Gasteiger partial charge in [-0.2, -0.15) is 0 Å². The van der Waals surface area contributed by atoms with Crippen LogP contribution in [0, 0.1) is 6.92 Å². The average molecular weight is 460 g/mol. The van der Waals surface area contributed by atoms with Crippen molar-refractivity contribution in [3.05, 3.63) is 70.3 Å². The molecule has 0 bridgehead atoms. The summed E-state index contributed by atoms with van der Waals surface area (Å²) in [6.07, 6.45) is 0.0267. The Hall–Kier alpha value is -2.80. The number of hydrazine groups is 1. The number of carbonyl (C=O) groups is 2. The second-order valence-corrected chi connectivity index (χ2v) is 7.89. The number of ether oxygens (including phenoxy) is 1. The molecule has 2 aromatic rings. The largest absolute Gasteiger partial charge is 0.483 e. The molecule has 2 amide bonds. The van der Waals surface area contributed by atoms with E-state index in [-0.39, 0.29) is 24.8 Å². The molecule has 0 aliphatic carbocycles. The highest BCUT2D eigenvalue weighted by atomic mass is 79.9. The Kier molecular flexibility index (Phi) is 8.27. The number of carbonyl (C=O) groups excluding carboxylic acids is 2. The van der Waals surface area contributed by atoms with Gasteiger partial charge in [-0.05, 0) is 54.3 Å². The third kappa shape index (κ3) is 7.62. The summed E-state index contributed by atoms with van der Waals surface area (Å²) < 4.78 is 6.43. The monoisotopic (exact) mass is 459 g/mol. The second kappa shape index (κ2) is 10.7. The lowest BCUT2D eigenvalue weighted by Gasteiger charge is -2.13. The molecule has 0 saturated carbocycles. The van der Waals surface area contributed by atoms with Crippen molar-refractivity contribution in [3.8, 4) is 5.75 Å². The van der Waals surface area contributed by atoms with Crippen molar-refractivity contribution < 1.29 is 14.3 Å². The van der Waals surface area contributed by atoms with Gasteiger partial charge in [-0.3, -0.25) is 15.0 Å². The summed E-state index contributed by atoms with van der Waals surface area (Å²) in [7, 11) is 0. The van der Waals surface area contributed by atoms with E-state index in [1.165, 1.54) is 5.56 Å². The van der Waals surface area contributed by atoms with Crippen molar-refractivity contribution in [1.82, 2.24) is 10.9 Å².